The Bertz CT molecular complexity index is 800. The van der Waals surface area contributed by atoms with Gasteiger partial charge in [0.05, 0.1) is 6.54 Å². The number of nitrogens with zero attached hydrogens (tertiary/aromatic N) is 2. The highest BCUT2D eigenvalue weighted by molar-refractivity contribution is 5.92. The van der Waals surface area contributed by atoms with Gasteiger partial charge in [-0.1, -0.05) is 18.2 Å². The number of carbonyl (C=O) groups excluding carboxylic acids is 1. The van der Waals surface area contributed by atoms with Gasteiger partial charge < -0.3 is 15.5 Å². The van der Waals surface area contributed by atoms with Crippen molar-refractivity contribution in [1.29, 1.82) is 0 Å². The Hall–Kier alpha value is -1.79. The molecular formula is C22H30Cl2N4O. The van der Waals surface area contributed by atoms with Crippen molar-refractivity contribution in [3.8, 4) is 0 Å². The van der Waals surface area contributed by atoms with Gasteiger partial charge in [-0.25, -0.2) is 0 Å². The summed E-state index contributed by atoms with van der Waals surface area (Å²) in [4.78, 5) is 17.0. The Morgan fingerprint density at radius 3 is 2.59 bits per heavy atom. The molecule has 0 aliphatic carbocycles. The van der Waals surface area contributed by atoms with E-state index in [0.717, 1.165) is 38.2 Å². The van der Waals surface area contributed by atoms with Crippen LogP contribution in [0.3, 0.4) is 0 Å². The minimum atomic E-state index is 0. The molecule has 4 rings (SSSR count). The molecule has 2 aliphatic heterocycles. The third kappa shape index (κ3) is 5.64. The number of likely N-dealkylation sites (tertiary alicyclic amines) is 1. The Labute approximate surface area is 185 Å². The molecule has 0 spiro atoms. The SMILES string of the molecule is CNC1CCCN(CC(=O)Nc2ccc(N3CCc4ccccc43)cc2)C1.Cl.Cl. The van der Waals surface area contributed by atoms with Crippen LogP contribution in [0.5, 0.6) is 0 Å². The van der Waals surface area contributed by atoms with Gasteiger partial charge in [-0.15, -0.1) is 24.8 Å². The van der Waals surface area contributed by atoms with Crippen LogP contribution in [0.15, 0.2) is 48.5 Å². The molecule has 7 heteroatoms. The van der Waals surface area contributed by atoms with Crippen molar-refractivity contribution in [3.63, 3.8) is 0 Å². The number of hydrogen-bond acceptors (Lipinski definition) is 4. The average molecular weight is 437 g/mol. The fourth-order valence-electron chi connectivity index (χ4n) is 4.17. The first-order chi connectivity index (χ1) is 13.2. The topological polar surface area (TPSA) is 47.6 Å². The summed E-state index contributed by atoms with van der Waals surface area (Å²) >= 11 is 0. The van der Waals surface area contributed by atoms with Gasteiger partial charge in [-0.05, 0) is 68.8 Å². The Kier molecular flexibility index (Phi) is 8.78. The number of benzene rings is 2. The lowest BCUT2D eigenvalue weighted by Gasteiger charge is -2.31. The van der Waals surface area contributed by atoms with E-state index >= 15 is 0 Å². The first kappa shape index (κ1) is 23.5. The number of rotatable bonds is 5. The van der Waals surface area contributed by atoms with Crippen molar-refractivity contribution in [2.24, 2.45) is 0 Å². The minimum absolute atomic E-state index is 0. The van der Waals surface area contributed by atoms with Crippen LogP contribution in [0.1, 0.15) is 18.4 Å². The van der Waals surface area contributed by atoms with E-state index in [9.17, 15) is 4.79 Å². The van der Waals surface area contributed by atoms with E-state index in [4.69, 9.17) is 0 Å². The summed E-state index contributed by atoms with van der Waals surface area (Å²) < 4.78 is 0. The molecule has 2 aromatic rings. The predicted octanol–water partition coefficient (Wildman–Crippen LogP) is 3.85. The maximum Gasteiger partial charge on any atom is 0.238 e. The summed E-state index contributed by atoms with van der Waals surface area (Å²) in [5.74, 6) is 0.0611. The van der Waals surface area contributed by atoms with Crippen LogP contribution < -0.4 is 15.5 Å². The number of likely N-dealkylation sites (N-methyl/N-ethyl adjacent to an activating group) is 1. The Balaban J connectivity index is 0.00000150. The molecule has 0 radical (unpaired) electrons. The Morgan fingerprint density at radius 2 is 1.83 bits per heavy atom. The van der Waals surface area contributed by atoms with Gasteiger partial charge in [0.2, 0.25) is 5.91 Å². The van der Waals surface area contributed by atoms with E-state index in [-0.39, 0.29) is 30.7 Å². The molecule has 2 N–H and O–H groups in total. The number of halogens is 2. The minimum Gasteiger partial charge on any atom is -0.341 e. The quantitative estimate of drug-likeness (QED) is 0.746. The van der Waals surface area contributed by atoms with E-state index in [2.05, 4.69) is 56.8 Å². The van der Waals surface area contributed by atoms with Crippen LogP contribution in [0.4, 0.5) is 17.1 Å². The molecule has 2 aliphatic rings. The number of anilines is 3. The highest BCUT2D eigenvalue weighted by Gasteiger charge is 2.21. The van der Waals surface area contributed by atoms with E-state index in [0.29, 0.717) is 12.6 Å². The molecule has 0 aromatic heterocycles. The zero-order valence-electron chi connectivity index (χ0n) is 16.8. The number of carbonyl (C=O) groups is 1. The number of amides is 1. The van der Waals surface area contributed by atoms with Crippen LogP contribution in [0.25, 0.3) is 0 Å². The number of nitrogens with one attached hydrogen (secondary N) is 2. The summed E-state index contributed by atoms with van der Waals surface area (Å²) in [6.07, 6.45) is 3.42. The number of para-hydroxylation sites is 1. The molecule has 2 aromatic carbocycles. The summed E-state index contributed by atoms with van der Waals surface area (Å²) in [5, 5.41) is 6.36. The lowest BCUT2D eigenvalue weighted by molar-refractivity contribution is -0.117. The standard InChI is InChI=1S/C22H28N4O.2ClH/c1-23-19-6-4-13-25(15-19)16-22(27)24-18-8-10-20(11-9-18)26-14-12-17-5-2-3-7-21(17)26;;/h2-3,5,7-11,19,23H,4,6,12-16H2,1H3,(H,24,27);2*1H. The zero-order chi connectivity index (χ0) is 18.6. The van der Waals surface area contributed by atoms with E-state index < -0.39 is 0 Å². The molecular weight excluding hydrogens is 407 g/mol. The lowest BCUT2D eigenvalue weighted by Crippen LogP contribution is -2.46. The largest absolute Gasteiger partial charge is 0.341 e. The summed E-state index contributed by atoms with van der Waals surface area (Å²) in [6, 6.07) is 17.2. The van der Waals surface area contributed by atoms with Crippen molar-refractivity contribution in [1.82, 2.24) is 10.2 Å². The second kappa shape index (κ2) is 10.8. The second-order valence-electron chi connectivity index (χ2n) is 7.49. The fraction of sp³-hybridized carbons (Fsp3) is 0.409. The molecule has 158 valence electrons. The van der Waals surface area contributed by atoms with Gasteiger partial charge in [-0.2, -0.15) is 0 Å². The van der Waals surface area contributed by atoms with Crippen LogP contribution in [0.2, 0.25) is 0 Å². The van der Waals surface area contributed by atoms with Crippen molar-refractivity contribution in [3.05, 3.63) is 54.1 Å². The van der Waals surface area contributed by atoms with Gasteiger partial charge in [0, 0.05) is 36.2 Å². The number of piperidine rings is 1. The van der Waals surface area contributed by atoms with Gasteiger partial charge in [0.1, 0.15) is 0 Å². The van der Waals surface area contributed by atoms with E-state index in [1.54, 1.807) is 0 Å². The molecule has 1 atom stereocenters. The molecule has 1 unspecified atom stereocenters. The first-order valence-corrected chi connectivity index (χ1v) is 9.88. The number of hydrogen-bond donors (Lipinski definition) is 2. The Morgan fingerprint density at radius 1 is 1.07 bits per heavy atom. The zero-order valence-corrected chi connectivity index (χ0v) is 18.4. The van der Waals surface area contributed by atoms with Crippen LogP contribution >= 0.6 is 24.8 Å². The average Bonchev–Trinajstić information content (AvgIpc) is 3.13. The normalized spacial score (nSPS) is 18.4. The highest BCUT2D eigenvalue weighted by Crippen LogP contribution is 2.34. The predicted molar refractivity (Wildman–Crippen MR) is 125 cm³/mol. The van der Waals surface area contributed by atoms with Crippen molar-refractivity contribution < 1.29 is 4.79 Å². The fourth-order valence-corrected chi connectivity index (χ4v) is 4.17. The smallest absolute Gasteiger partial charge is 0.238 e. The maximum atomic E-state index is 12.4. The van der Waals surface area contributed by atoms with Crippen LogP contribution in [-0.2, 0) is 11.2 Å². The third-order valence-electron chi connectivity index (χ3n) is 5.63. The number of fused-ring (bicyclic) bond motifs is 1. The molecule has 1 saturated heterocycles. The van der Waals surface area contributed by atoms with E-state index in [1.807, 2.05) is 19.2 Å². The van der Waals surface area contributed by atoms with Crippen LogP contribution in [0, 0.1) is 0 Å². The molecule has 5 nitrogen and oxygen atoms in total. The molecule has 0 saturated carbocycles. The highest BCUT2D eigenvalue weighted by atomic mass is 35.5. The summed E-state index contributed by atoms with van der Waals surface area (Å²) in [5.41, 5.74) is 4.72. The van der Waals surface area contributed by atoms with Gasteiger partial charge in [0.25, 0.3) is 0 Å². The molecule has 0 bridgehead atoms. The van der Waals surface area contributed by atoms with Crippen molar-refractivity contribution in [2.45, 2.75) is 25.3 Å². The van der Waals surface area contributed by atoms with E-state index in [1.165, 1.54) is 23.4 Å². The van der Waals surface area contributed by atoms with Gasteiger partial charge >= 0.3 is 0 Å². The van der Waals surface area contributed by atoms with Crippen molar-refractivity contribution >= 4 is 47.8 Å². The van der Waals surface area contributed by atoms with Gasteiger partial charge in [0.15, 0.2) is 0 Å². The maximum absolute atomic E-state index is 12.4. The molecule has 1 fully saturated rings. The molecule has 1 amide bonds. The second-order valence-corrected chi connectivity index (χ2v) is 7.49. The molecule has 2 heterocycles. The van der Waals surface area contributed by atoms with Gasteiger partial charge in [-0.3, -0.25) is 9.69 Å². The molecule has 29 heavy (non-hydrogen) atoms. The summed E-state index contributed by atoms with van der Waals surface area (Å²) in [7, 11) is 1.99. The third-order valence-corrected chi connectivity index (χ3v) is 5.63. The van der Waals surface area contributed by atoms with Crippen molar-refractivity contribution in [2.75, 3.05) is 43.4 Å². The summed E-state index contributed by atoms with van der Waals surface area (Å²) in [6.45, 7) is 3.40. The van der Waals surface area contributed by atoms with Crippen LogP contribution in [-0.4, -0.2) is 50.1 Å². The monoisotopic (exact) mass is 436 g/mol. The lowest BCUT2D eigenvalue weighted by atomic mass is 10.1. The first-order valence-electron chi connectivity index (χ1n) is 9.88.